The average Bonchev–Trinajstić information content (AvgIpc) is 2.76. The lowest BCUT2D eigenvalue weighted by molar-refractivity contribution is -0.117. The molecule has 0 spiro atoms. The number of benzene rings is 2. The van der Waals surface area contributed by atoms with Gasteiger partial charge in [0.25, 0.3) is 0 Å². The monoisotopic (exact) mass is 266 g/mol. The van der Waals surface area contributed by atoms with Crippen LogP contribution in [0.1, 0.15) is 22.7 Å². The predicted octanol–water partition coefficient (Wildman–Crippen LogP) is 2.58. The molecule has 2 aromatic rings. The number of nitrogens with zero attached hydrogens (tertiary/aromatic N) is 1. The Bertz CT molecular complexity index is 651. The summed E-state index contributed by atoms with van der Waals surface area (Å²) in [6, 6.07) is 15.8. The van der Waals surface area contributed by atoms with Crippen LogP contribution < -0.4 is 10.6 Å². The number of rotatable bonds is 3. The molecule has 1 unspecified atom stereocenters. The van der Waals surface area contributed by atoms with Crippen molar-refractivity contribution in [2.45, 2.75) is 19.4 Å². The van der Waals surface area contributed by atoms with Gasteiger partial charge in [0.1, 0.15) is 0 Å². The van der Waals surface area contributed by atoms with Crippen molar-refractivity contribution in [2.24, 2.45) is 5.73 Å². The zero-order chi connectivity index (χ0) is 14.1. The Hall–Kier alpha value is -2.13. The summed E-state index contributed by atoms with van der Waals surface area (Å²) in [6.07, 6.45) is 0.483. The lowest BCUT2D eigenvalue weighted by Crippen LogP contribution is -2.34. The zero-order valence-corrected chi connectivity index (χ0v) is 11.5. The van der Waals surface area contributed by atoms with E-state index < -0.39 is 0 Å². The summed E-state index contributed by atoms with van der Waals surface area (Å²) in [5.41, 5.74) is 10.7. The molecule has 3 nitrogen and oxygen atoms in total. The molecule has 0 radical (unpaired) electrons. The van der Waals surface area contributed by atoms with Crippen LogP contribution >= 0.6 is 0 Å². The lowest BCUT2D eigenvalue weighted by atomic mass is 10.0. The number of fused-ring (bicyclic) bond motifs is 1. The molecule has 0 saturated heterocycles. The van der Waals surface area contributed by atoms with Gasteiger partial charge in [-0.15, -0.1) is 0 Å². The number of hydrogen-bond acceptors (Lipinski definition) is 2. The summed E-state index contributed by atoms with van der Waals surface area (Å²) in [5.74, 6) is 0.134. The Morgan fingerprint density at radius 1 is 1.15 bits per heavy atom. The third kappa shape index (κ3) is 2.21. The van der Waals surface area contributed by atoms with Crippen LogP contribution in [0.25, 0.3) is 0 Å². The highest BCUT2D eigenvalue weighted by Crippen LogP contribution is 2.30. The topological polar surface area (TPSA) is 46.3 Å². The number of aryl methyl sites for hydroxylation is 1. The van der Waals surface area contributed by atoms with Crippen LogP contribution in [0, 0.1) is 6.92 Å². The van der Waals surface area contributed by atoms with Gasteiger partial charge in [0.05, 0.1) is 6.42 Å². The second-order valence-electron chi connectivity index (χ2n) is 5.27. The van der Waals surface area contributed by atoms with Crippen molar-refractivity contribution in [2.75, 3.05) is 11.4 Å². The number of carbonyl (C=O) groups excluding carboxylic acids is 1. The molecule has 1 heterocycles. The molecule has 1 amide bonds. The van der Waals surface area contributed by atoms with Crippen molar-refractivity contribution in [3.8, 4) is 0 Å². The molecule has 0 fully saturated rings. The molecule has 2 N–H and O–H groups in total. The van der Waals surface area contributed by atoms with Crippen LogP contribution in [-0.4, -0.2) is 12.5 Å². The van der Waals surface area contributed by atoms with Crippen molar-refractivity contribution in [3.63, 3.8) is 0 Å². The van der Waals surface area contributed by atoms with Gasteiger partial charge in [-0.25, -0.2) is 0 Å². The zero-order valence-electron chi connectivity index (χ0n) is 11.5. The van der Waals surface area contributed by atoms with Gasteiger partial charge in [-0.3, -0.25) is 4.79 Å². The first-order valence-corrected chi connectivity index (χ1v) is 6.86. The van der Waals surface area contributed by atoms with E-state index in [-0.39, 0.29) is 11.9 Å². The van der Waals surface area contributed by atoms with E-state index in [2.05, 4.69) is 13.0 Å². The maximum absolute atomic E-state index is 12.2. The predicted molar refractivity (Wildman–Crippen MR) is 80.6 cm³/mol. The number of nitrogens with two attached hydrogens (primary N) is 1. The summed E-state index contributed by atoms with van der Waals surface area (Å²) in [5, 5.41) is 0. The fourth-order valence-corrected chi connectivity index (χ4v) is 2.81. The van der Waals surface area contributed by atoms with Crippen LogP contribution in [0.4, 0.5) is 5.69 Å². The highest BCUT2D eigenvalue weighted by atomic mass is 16.2. The van der Waals surface area contributed by atoms with Crippen molar-refractivity contribution in [1.29, 1.82) is 0 Å². The molecule has 3 heteroatoms. The summed E-state index contributed by atoms with van der Waals surface area (Å²) < 4.78 is 0. The molecular weight excluding hydrogens is 248 g/mol. The molecule has 20 heavy (non-hydrogen) atoms. The van der Waals surface area contributed by atoms with Crippen LogP contribution in [0.3, 0.4) is 0 Å². The third-order valence-electron chi connectivity index (χ3n) is 3.89. The van der Waals surface area contributed by atoms with E-state index in [1.54, 1.807) is 0 Å². The Morgan fingerprint density at radius 2 is 1.85 bits per heavy atom. The highest BCUT2D eigenvalue weighted by molar-refractivity contribution is 6.01. The molecule has 1 aliphatic heterocycles. The first kappa shape index (κ1) is 12.9. The summed E-state index contributed by atoms with van der Waals surface area (Å²) in [7, 11) is 0. The summed E-state index contributed by atoms with van der Waals surface area (Å²) >= 11 is 0. The third-order valence-corrected chi connectivity index (χ3v) is 3.89. The van der Waals surface area contributed by atoms with Crippen LogP contribution in [0.5, 0.6) is 0 Å². The maximum Gasteiger partial charge on any atom is 0.231 e. The van der Waals surface area contributed by atoms with Crippen LogP contribution in [-0.2, 0) is 11.2 Å². The summed E-state index contributed by atoms with van der Waals surface area (Å²) in [4.78, 5) is 14.0. The number of anilines is 1. The van der Waals surface area contributed by atoms with Gasteiger partial charge in [0.15, 0.2) is 0 Å². The van der Waals surface area contributed by atoms with Gasteiger partial charge in [-0.05, 0) is 29.7 Å². The highest BCUT2D eigenvalue weighted by Gasteiger charge is 2.28. The average molecular weight is 266 g/mol. The molecule has 3 rings (SSSR count). The van der Waals surface area contributed by atoms with E-state index in [0.717, 1.165) is 16.8 Å². The number of carbonyl (C=O) groups is 1. The first-order chi connectivity index (χ1) is 9.66. The van der Waals surface area contributed by atoms with Gasteiger partial charge in [-0.2, -0.15) is 0 Å². The van der Waals surface area contributed by atoms with E-state index in [1.165, 1.54) is 5.56 Å². The van der Waals surface area contributed by atoms with Gasteiger partial charge in [0, 0.05) is 18.3 Å². The van der Waals surface area contributed by atoms with E-state index in [4.69, 9.17) is 5.73 Å². The van der Waals surface area contributed by atoms with E-state index in [1.807, 2.05) is 47.4 Å². The Labute approximate surface area is 119 Å². The van der Waals surface area contributed by atoms with E-state index in [9.17, 15) is 4.79 Å². The van der Waals surface area contributed by atoms with Crippen molar-refractivity contribution >= 4 is 11.6 Å². The largest absolute Gasteiger partial charge is 0.322 e. The van der Waals surface area contributed by atoms with E-state index in [0.29, 0.717) is 13.0 Å². The molecule has 0 aliphatic carbocycles. The maximum atomic E-state index is 12.2. The Morgan fingerprint density at radius 3 is 2.65 bits per heavy atom. The van der Waals surface area contributed by atoms with E-state index >= 15 is 0 Å². The number of amides is 1. The standard InChI is InChI=1S/C17H18N2O/c1-12-6-2-4-8-14(12)15(18)11-19-16-9-5-3-7-13(16)10-17(19)20/h2-9,15H,10-11,18H2,1H3. The van der Waals surface area contributed by atoms with Crippen molar-refractivity contribution in [1.82, 2.24) is 0 Å². The quantitative estimate of drug-likeness (QED) is 0.928. The molecule has 102 valence electrons. The molecule has 2 aromatic carbocycles. The van der Waals surface area contributed by atoms with Gasteiger partial charge in [-0.1, -0.05) is 42.5 Å². The molecule has 0 saturated carbocycles. The molecule has 1 aliphatic rings. The fourth-order valence-electron chi connectivity index (χ4n) is 2.81. The normalized spacial score (nSPS) is 15.3. The summed E-state index contributed by atoms with van der Waals surface area (Å²) in [6.45, 7) is 2.58. The molecule has 0 bridgehead atoms. The van der Waals surface area contributed by atoms with Gasteiger partial charge < -0.3 is 10.6 Å². The second kappa shape index (κ2) is 5.10. The second-order valence-corrected chi connectivity index (χ2v) is 5.27. The SMILES string of the molecule is Cc1ccccc1C(N)CN1C(=O)Cc2ccccc21. The minimum atomic E-state index is -0.161. The van der Waals surface area contributed by atoms with Crippen molar-refractivity contribution < 1.29 is 4.79 Å². The van der Waals surface area contributed by atoms with Crippen LogP contribution in [0.15, 0.2) is 48.5 Å². The van der Waals surface area contributed by atoms with Crippen LogP contribution in [0.2, 0.25) is 0 Å². The molecule has 1 atom stereocenters. The van der Waals surface area contributed by atoms with Gasteiger partial charge >= 0.3 is 0 Å². The Balaban J connectivity index is 1.85. The lowest BCUT2D eigenvalue weighted by Gasteiger charge is -2.23. The molecular formula is C17H18N2O. The number of para-hydroxylation sites is 1. The van der Waals surface area contributed by atoms with Gasteiger partial charge in [0.2, 0.25) is 5.91 Å². The smallest absolute Gasteiger partial charge is 0.231 e. The fraction of sp³-hybridized carbons (Fsp3) is 0.235. The van der Waals surface area contributed by atoms with Crippen molar-refractivity contribution in [3.05, 3.63) is 65.2 Å². The first-order valence-electron chi connectivity index (χ1n) is 6.86. The molecule has 0 aromatic heterocycles. The minimum absolute atomic E-state index is 0.134. The minimum Gasteiger partial charge on any atom is -0.322 e. The number of hydrogen-bond donors (Lipinski definition) is 1. The Kier molecular flexibility index (Phi) is 3.28.